The molecule has 5 atom stereocenters. The second-order valence-corrected chi connectivity index (χ2v) is 15.6. The van der Waals surface area contributed by atoms with Crippen molar-refractivity contribution >= 4 is 50.9 Å². The third-order valence-electron chi connectivity index (χ3n) is 11.6. The summed E-state index contributed by atoms with van der Waals surface area (Å²) in [7, 11) is 0. The fourth-order valence-electron chi connectivity index (χ4n) is 8.88. The van der Waals surface area contributed by atoms with Crippen LogP contribution in [0.15, 0.2) is 54.6 Å². The van der Waals surface area contributed by atoms with Gasteiger partial charge >= 0.3 is 0 Å². The molecule has 3 saturated heterocycles. The largest absolute Gasteiger partial charge is 0.488 e. The second kappa shape index (κ2) is 12.5. The van der Waals surface area contributed by atoms with Gasteiger partial charge in [0.15, 0.2) is 5.82 Å². The highest BCUT2D eigenvalue weighted by atomic mass is 35.5. The average Bonchev–Trinajstić information content (AvgIpc) is 3.40. The molecule has 2 aliphatic carbocycles. The Morgan fingerprint density at radius 2 is 1.90 bits per heavy atom. The van der Waals surface area contributed by atoms with Crippen molar-refractivity contribution in [3.63, 3.8) is 0 Å². The third-order valence-corrected chi connectivity index (χ3v) is 12.4. The summed E-state index contributed by atoms with van der Waals surface area (Å²) in [6.07, 6.45) is 3.96. The van der Waals surface area contributed by atoms with Crippen molar-refractivity contribution in [3.8, 4) is 22.9 Å². The van der Waals surface area contributed by atoms with E-state index in [0.29, 0.717) is 52.4 Å². The Bertz CT molecular complexity index is 2260. The number of aryl methyl sites for hydroxylation is 3. The van der Waals surface area contributed by atoms with Crippen LogP contribution in [0.3, 0.4) is 0 Å². The van der Waals surface area contributed by atoms with Crippen molar-refractivity contribution in [1.82, 2.24) is 19.8 Å². The van der Waals surface area contributed by atoms with E-state index in [1.165, 1.54) is 0 Å². The maximum atomic E-state index is 17.2. The Morgan fingerprint density at radius 3 is 2.61 bits per heavy atom. The summed E-state index contributed by atoms with van der Waals surface area (Å²) in [5.41, 5.74) is 5.61. The van der Waals surface area contributed by atoms with E-state index in [0.717, 1.165) is 59.4 Å². The minimum atomic E-state index is -0.475. The van der Waals surface area contributed by atoms with Crippen LogP contribution in [0.1, 0.15) is 66.7 Å². The number of nitriles is 1. The molecular formula is C41H38Cl2FN5O2. The molecule has 1 N–H and O–H groups in total. The molecule has 5 aliphatic rings. The lowest BCUT2D eigenvalue weighted by Gasteiger charge is -2.39. The maximum absolute atomic E-state index is 17.2. The lowest BCUT2D eigenvalue weighted by atomic mass is 9.79. The molecule has 5 aromatic rings. The van der Waals surface area contributed by atoms with Crippen LogP contribution in [-0.4, -0.2) is 45.6 Å². The summed E-state index contributed by atoms with van der Waals surface area (Å²) in [5, 5.41) is 15.6. The number of nitrogens with zero attached hydrogens (tertiary/aromatic N) is 4. The van der Waals surface area contributed by atoms with Crippen molar-refractivity contribution in [2.24, 2.45) is 11.8 Å². The number of amides is 1. The Kier molecular flexibility index (Phi) is 8.03. The highest BCUT2D eigenvalue weighted by Gasteiger charge is 2.51. The Labute approximate surface area is 306 Å². The van der Waals surface area contributed by atoms with Crippen molar-refractivity contribution in [3.05, 3.63) is 93.0 Å². The molecule has 2 bridgehead atoms. The second-order valence-electron chi connectivity index (χ2n) is 14.8. The minimum absolute atomic E-state index is 0.0581. The van der Waals surface area contributed by atoms with Gasteiger partial charge in [-0.1, -0.05) is 53.0 Å². The Hall–Kier alpha value is -4.16. The van der Waals surface area contributed by atoms with Crippen LogP contribution >= 0.6 is 23.2 Å². The minimum Gasteiger partial charge on any atom is -0.488 e. The number of hydrogen-bond acceptors (Lipinski definition) is 5. The number of carbonyl (C=O) groups excluding carboxylic acids is 1. The van der Waals surface area contributed by atoms with Gasteiger partial charge in [0.05, 0.1) is 40.3 Å². The van der Waals surface area contributed by atoms with Crippen LogP contribution in [0, 0.1) is 42.8 Å². The van der Waals surface area contributed by atoms with Gasteiger partial charge in [0, 0.05) is 64.6 Å². The van der Waals surface area contributed by atoms with E-state index in [4.69, 9.17) is 32.9 Å². The number of fused-ring (bicyclic) bond motifs is 4. The predicted molar refractivity (Wildman–Crippen MR) is 198 cm³/mol. The molecule has 10 heteroatoms. The topological polar surface area (TPSA) is 83.2 Å². The highest BCUT2D eigenvalue weighted by molar-refractivity contribution is 6.43. The van der Waals surface area contributed by atoms with Crippen LogP contribution in [0.5, 0.6) is 5.75 Å². The smallest absolute Gasteiger partial charge is 0.226 e. The van der Waals surface area contributed by atoms with E-state index in [1.54, 1.807) is 18.2 Å². The first-order valence-electron chi connectivity index (χ1n) is 18.0. The molecular weight excluding hydrogens is 684 g/mol. The lowest BCUT2D eigenvalue weighted by Crippen LogP contribution is -2.41. The molecule has 2 aromatic heterocycles. The molecule has 0 unspecified atom stereocenters. The van der Waals surface area contributed by atoms with Gasteiger partial charge in [-0.05, 0) is 81.3 Å². The van der Waals surface area contributed by atoms with Gasteiger partial charge in [-0.25, -0.2) is 9.37 Å². The molecule has 7 nitrogen and oxygen atoms in total. The van der Waals surface area contributed by atoms with Crippen molar-refractivity contribution in [2.45, 2.75) is 76.6 Å². The summed E-state index contributed by atoms with van der Waals surface area (Å²) in [6.45, 7) is 5.42. The number of benzene rings is 3. The quantitative estimate of drug-likeness (QED) is 0.173. The zero-order valence-corrected chi connectivity index (χ0v) is 30.1. The third kappa shape index (κ3) is 5.39. The predicted octanol–water partition coefficient (Wildman–Crippen LogP) is 9.04. The lowest BCUT2D eigenvalue weighted by molar-refractivity contribution is -0.133. The van der Waals surface area contributed by atoms with Gasteiger partial charge in [0.2, 0.25) is 5.91 Å². The summed E-state index contributed by atoms with van der Waals surface area (Å²) >= 11 is 13.1. The molecule has 3 aromatic carbocycles. The number of rotatable bonds is 8. The Morgan fingerprint density at radius 1 is 1.10 bits per heavy atom. The molecule has 51 heavy (non-hydrogen) atoms. The van der Waals surface area contributed by atoms with E-state index in [9.17, 15) is 10.1 Å². The van der Waals surface area contributed by atoms with Crippen LogP contribution in [0.2, 0.25) is 10.0 Å². The number of halogens is 3. The van der Waals surface area contributed by atoms with E-state index in [1.807, 2.05) is 37.3 Å². The molecule has 5 heterocycles. The molecule has 1 amide bonds. The Balaban J connectivity index is 1.26. The van der Waals surface area contributed by atoms with E-state index in [2.05, 4.69) is 33.8 Å². The van der Waals surface area contributed by atoms with E-state index >= 15 is 4.39 Å². The number of nitrogens with one attached hydrogen (secondary N) is 1. The van der Waals surface area contributed by atoms with Crippen LogP contribution in [-0.2, 0) is 11.2 Å². The number of pyridine rings is 1. The fraction of sp³-hybridized carbons (Fsp3) is 0.390. The monoisotopic (exact) mass is 721 g/mol. The molecule has 0 spiro atoms. The summed E-state index contributed by atoms with van der Waals surface area (Å²) in [4.78, 5) is 21.0. The van der Waals surface area contributed by atoms with Crippen LogP contribution in [0.25, 0.3) is 32.9 Å². The average molecular weight is 723 g/mol. The van der Waals surface area contributed by atoms with Gasteiger partial charge in [-0.15, -0.1) is 0 Å². The first-order valence-corrected chi connectivity index (χ1v) is 18.7. The zero-order valence-electron chi connectivity index (χ0n) is 28.6. The van der Waals surface area contributed by atoms with Gasteiger partial charge in [0.25, 0.3) is 0 Å². The van der Waals surface area contributed by atoms with Crippen LogP contribution in [0.4, 0.5) is 4.39 Å². The molecule has 5 fully saturated rings. The zero-order chi connectivity index (χ0) is 35.1. The summed E-state index contributed by atoms with van der Waals surface area (Å²) in [5.74, 6) is 0.997. The van der Waals surface area contributed by atoms with Gasteiger partial charge in [-0.2, -0.15) is 5.26 Å². The van der Waals surface area contributed by atoms with Gasteiger partial charge < -0.3 is 19.5 Å². The summed E-state index contributed by atoms with van der Waals surface area (Å²) in [6, 6.07) is 20.0. The molecule has 260 valence electrons. The van der Waals surface area contributed by atoms with Crippen molar-refractivity contribution in [2.75, 3.05) is 13.1 Å². The van der Waals surface area contributed by atoms with E-state index in [-0.39, 0.29) is 53.0 Å². The highest BCUT2D eigenvalue weighted by Crippen LogP contribution is 2.51. The van der Waals surface area contributed by atoms with Gasteiger partial charge in [-0.3, -0.25) is 4.79 Å². The SMILES string of the molecule is Cc1ccc(O[C@H]2C[C@H](c3cc4c(C)nc5c(F)c(-c6cccc(Cl)c6Cl)c(CCC#N)cc5c4n3[C@H]3[C@H]4CN[C@@H]3C4)N(C(=O)C3CC3)C2)cc1. The molecule has 0 radical (unpaired) electrons. The standard InChI is InChI=1S/C41H38Cl2FN5O2/c1-21-8-12-26(13-9-21)51-27-17-33(48(20-27)41(50)23-10-11-23)34-18-29-22(2)47-38-30(40(29)49(34)39-25-16-32(39)46-19-25)15-24(5-4-14-45)35(37(38)44)28-6-3-7-31(42)36(28)43/h3,6-9,12-13,15,18,23,25,27,32-33,39,46H,4-5,10-11,16-17,19-20H2,1-2H3/t25-,27+,32-,33-,39+/m1/s1. The van der Waals surface area contributed by atoms with Crippen molar-refractivity contribution < 1.29 is 13.9 Å². The maximum Gasteiger partial charge on any atom is 0.226 e. The fourth-order valence-corrected chi connectivity index (χ4v) is 9.27. The first kappa shape index (κ1) is 32.7. The van der Waals surface area contributed by atoms with Crippen LogP contribution < -0.4 is 10.1 Å². The first-order chi connectivity index (χ1) is 24.7. The summed E-state index contributed by atoms with van der Waals surface area (Å²) < 4.78 is 26.1. The van der Waals surface area contributed by atoms with Crippen molar-refractivity contribution in [1.29, 1.82) is 5.26 Å². The number of carbonyl (C=O) groups is 1. The van der Waals surface area contributed by atoms with Gasteiger partial charge in [0.1, 0.15) is 17.4 Å². The van der Waals surface area contributed by atoms with E-state index < -0.39 is 5.82 Å². The number of ether oxygens (including phenoxy) is 1. The number of hydrogen-bond donors (Lipinski definition) is 1. The molecule has 10 rings (SSSR count). The normalized spacial score (nSPS) is 23.9. The number of likely N-dealkylation sites (tertiary alicyclic amines) is 1. The molecule has 3 aliphatic heterocycles. The molecule has 2 saturated carbocycles. The number of aromatic nitrogens is 2.